The molecule has 0 aliphatic carbocycles. The van der Waals surface area contributed by atoms with Crippen LogP contribution in [0.25, 0.3) is 0 Å². The normalized spacial score (nSPS) is 9.85. The van der Waals surface area contributed by atoms with Crippen LogP contribution < -0.4 is 4.74 Å². The summed E-state index contributed by atoms with van der Waals surface area (Å²) in [6, 6.07) is 14.5. The maximum atomic E-state index is 12.0. The van der Waals surface area contributed by atoms with Crippen LogP contribution in [0, 0.1) is 18.3 Å². The number of nitrogens with zero attached hydrogens (tertiary/aromatic N) is 1. The Morgan fingerprint density at radius 3 is 2.60 bits per heavy atom. The third-order valence-corrected chi connectivity index (χ3v) is 3.63. The van der Waals surface area contributed by atoms with E-state index in [-0.39, 0.29) is 12.4 Å². The number of ether oxygens (including phenoxy) is 1. The van der Waals surface area contributed by atoms with Crippen LogP contribution in [0.2, 0.25) is 0 Å². The van der Waals surface area contributed by atoms with Gasteiger partial charge in [-0.1, -0.05) is 35.9 Å². The second kappa shape index (κ2) is 6.36. The first-order valence-corrected chi connectivity index (χ1v) is 6.82. The van der Waals surface area contributed by atoms with Crippen molar-refractivity contribution in [2.24, 2.45) is 0 Å². The highest BCUT2D eigenvalue weighted by Crippen LogP contribution is 2.28. The summed E-state index contributed by atoms with van der Waals surface area (Å²) in [6.07, 6.45) is 0. The third-order valence-electron chi connectivity index (χ3n) is 2.82. The van der Waals surface area contributed by atoms with E-state index >= 15 is 0 Å². The van der Waals surface area contributed by atoms with E-state index < -0.39 is 0 Å². The van der Waals surface area contributed by atoms with Gasteiger partial charge in [-0.3, -0.25) is 4.79 Å². The minimum Gasteiger partial charge on any atom is -0.484 e. The molecule has 0 heterocycles. The zero-order valence-electron chi connectivity index (χ0n) is 10.9. The van der Waals surface area contributed by atoms with Crippen molar-refractivity contribution < 1.29 is 9.53 Å². The van der Waals surface area contributed by atoms with Crippen LogP contribution in [0.3, 0.4) is 0 Å². The lowest BCUT2D eigenvalue weighted by molar-refractivity contribution is 0.0921. The summed E-state index contributed by atoms with van der Waals surface area (Å²) >= 11 is 3.30. The predicted octanol–water partition coefficient (Wildman–Crippen LogP) is 3.89. The van der Waals surface area contributed by atoms with Gasteiger partial charge in [-0.05, 0) is 35.0 Å². The fourth-order valence-corrected chi connectivity index (χ4v) is 2.14. The maximum Gasteiger partial charge on any atom is 0.200 e. The van der Waals surface area contributed by atoms with Crippen molar-refractivity contribution in [3.63, 3.8) is 0 Å². The molecule has 20 heavy (non-hydrogen) atoms. The van der Waals surface area contributed by atoms with Crippen LogP contribution in [0.5, 0.6) is 5.75 Å². The molecule has 0 radical (unpaired) electrons. The number of ketones is 1. The summed E-state index contributed by atoms with van der Waals surface area (Å²) in [6.45, 7) is 1.91. The summed E-state index contributed by atoms with van der Waals surface area (Å²) in [7, 11) is 0. The van der Waals surface area contributed by atoms with Crippen LogP contribution in [-0.2, 0) is 0 Å². The van der Waals surface area contributed by atoms with Crippen LogP contribution in [0.1, 0.15) is 21.5 Å². The van der Waals surface area contributed by atoms with E-state index in [2.05, 4.69) is 15.9 Å². The van der Waals surface area contributed by atoms with Gasteiger partial charge in [0.1, 0.15) is 11.8 Å². The minimum absolute atomic E-state index is 0.0590. The number of carbonyl (C=O) groups is 1. The van der Waals surface area contributed by atoms with E-state index in [1.165, 1.54) is 0 Å². The van der Waals surface area contributed by atoms with Gasteiger partial charge < -0.3 is 4.74 Å². The maximum absolute atomic E-state index is 12.0. The van der Waals surface area contributed by atoms with Crippen molar-refractivity contribution in [2.75, 3.05) is 6.61 Å². The van der Waals surface area contributed by atoms with Gasteiger partial charge in [-0.25, -0.2) is 0 Å². The second-order valence-electron chi connectivity index (χ2n) is 4.31. The topological polar surface area (TPSA) is 50.1 Å². The summed E-state index contributed by atoms with van der Waals surface area (Å²) in [5.74, 6) is 0.392. The molecule has 0 saturated carbocycles. The summed E-state index contributed by atoms with van der Waals surface area (Å²) in [5.41, 5.74) is 2.19. The molecule has 2 aromatic rings. The molecule has 0 aromatic heterocycles. The highest BCUT2D eigenvalue weighted by molar-refractivity contribution is 9.10. The molecule has 0 saturated heterocycles. The summed E-state index contributed by atoms with van der Waals surface area (Å²) in [4.78, 5) is 12.0. The molecule has 3 nitrogen and oxygen atoms in total. The van der Waals surface area contributed by atoms with Crippen LogP contribution in [-0.4, -0.2) is 12.4 Å². The van der Waals surface area contributed by atoms with E-state index in [1.807, 2.05) is 25.1 Å². The van der Waals surface area contributed by atoms with Gasteiger partial charge in [0, 0.05) is 5.56 Å². The molecule has 0 aliphatic rings. The van der Waals surface area contributed by atoms with Gasteiger partial charge >= 0.3 is 0 Å². The number of benzene rings is 2. The SMILES string of the molecule is Cc1ccc(C(=O)COc2cccc(C#N)c2Br)cc1. The molecule has 4 heteroatoms. The van der Waals surface area contributed by atoms with E-state index in [1.54, 1.807) is 30.3 Å². The Morgan fingerprint density at radius 1 is 1.25 bits per heavy atom. The number of Topliss-reactive ketones (excluding diaryl/α,β-unsaturated/α-hetero) is 1. The average Bonchev–Trinajstić information content (AvgIpc) is 2.46. The molecule has 2 rings (SSSR count). The smallest absolute Gasteiger partial charge is 0.200 e. The molecule has 0 atom stereocenters. The molecule has 0 aliphatic heterocycles. The lowest BCUT2D eigenvalue weighted by atomic mass is 10.1. The minimum atomic E-state index is -0.0979. The quantitative estimate of drug-likeness (QED) is 0.799. The van der Waals surface area contributed by atoms with E-state index in [4.69, 9.17) is 10.00 Å². The van der Waals surface area contributed by atoms with Gasteiger partial charge in [0.25, 0.3) is 0 Å². The molecule has 0 bridgehead atoms. The first-order valence-electron chi connectivity index (χ1n) is 6.03. The Labute approximate surface area is 125 Å². The number of halogens is 1. The van der Waals surface area contributed by atoms with Crippen molar-refractivity contribution in [3.05, 3.63) is 63.6 Å². The lowest BCUT2D eigenvalue weighted by Crippen LogP contribution is -2.11. The highest BCUT2D eigenvalue weighted by Gasteiger charge is 2.10. The van der Waals surface area contributed by atoms with Gasteiger partial charge in [0.15, 0.2) is 12.4 Å². The zero-order valence-corrected chi connectivity index (χ0v) is 12.5. The lowest BCUT2D eigenvalue weighted by Gasteiger charge is -2.08. The molecular formula is C16H12BrNO2. The first-order chi connectivity index (χ1) is 9.61. The average molecular weight is 330 g/mol. The molecule has 0 N–H and O–H groups in total. The molecule has 0 amide bonds. The van der Waals surface area contributed by atoms with E-state index in [0.29, 0.717) is 21.3 Å². The van der Waals surface area contributed by atoms with Gasteiger partial charge in [0.2, 0.25) is 0 Å². The van der Waals surface area contributed by atoms with Gasteiger partial charge in [-0.2, -0.15) is 5.26 Å². The zero-order chi connectivity index (χ0) is 14.5. The Hall–Kier alpha value is -2.12. The third kappa shape index (κ3) is 3.25. The van der Waals surface area contributed by atoms with Crippen molar-refractivity contribution in [1.29, 1.82) is 5.26 Å². The van der Waals surface area contributed by atoms with E-state index in [9.17, 15) is 4.79 Å². The number of hydrogen-bond donors (Lipinski definition) is 0. The fourth-order valence-electron chi connectivity index (χ4n) is 1.67. The van der Waals surface area contributed by atoms with Crippen LogP contribution in [0.15, 0.2) is 46.9 Å². The van der Waals surface area contributed by atoms with Crippen molar-refractivity contribution >= 4 is 21.7 Å². The molecule has 2 aromatic carbocycles. The Balaban J connectivity index is 2.08. The molecule has 0 fully saturated rings. The number of carbonyl (C=O) groups excluding carboxylic acids is 1. The Morgan fingerprint density at radius 2 is 1.95 bits per heavy atom. The Bertz CT molecular complexity index is 672. The molecular weight excluding hydrogens is 318 g/mol. The number of aryl methyl sites for hydroxylation is 1. The monoisotopic (exact) mass is 329 g/mol. The second-order valence-corrected chi connectivity index (χ2v) is 5.10. The largest absolute Gasteiger partial charge is 0.484 e. The fraction of sp³-hybridized carbons (Fsp3) is 0.125. The number of rotatable bonds is 4. The molecule has 0 unspecified atom stereocenters. The number of nitriles is 1. The Kier molecular flexibility index (Phi) is 4.54. The summed E-state index contributed by atoms with van der Waals surface area (Å²) < 4.78 is 6.05. The van der Waals surface area contributed by atoms with Gasteiger partial charge in [-0.15, -0.1) is 0 Å². The molecule has 100 valence electrons. The van der Waals surface area contributed by atoms with Crippen LogP contribution >= 0.6 is 15.9 Å². The van der Waals surface area contributed by atoms with Gasteiger partial charge in [0.05, 0.1) is 10.0 Å². The summed E-state index contributed by atoms with van der Waals surface area (Å²) in [5, 5.41) is 8.92. The van der Waals surface area contributed by atoms with Crippen molar-refractivity contribution in [2.45, 2.75) is 6.92 Å². The highest BCUT2D eigenvalue weighted by atomic mass is 79.9. The number of hydrogen-bond acceptors (Lipinski definition) is 3. The first kappa shape index (κ1) is 14.3. The van der Waals surface area contributed by atoms with Crippen LogP contribution in [0.4, 0.5) is 0 Å². The standard InChI is InChI=1S/C16H12BrNO2/c1-11-5-7-12(8-6-11)14(19)10-20-15-4-2-3-13(9-18)16(15)17/h2-8H,10H2,1H3. The van der Waals surface area contributed by atoms with E-state index in [0.717, 1.165) is 5.56 Å². The predicted molar refractivity (Wildman–Crippen MR) is 79.9 cm³/mol. The van der Waals surface area contributed by atoms with Crippen molar-refractivity contribution in [1.82, 2.24) is 0 Å². The molecule has 0 spiro atoms. The van der Waals surface area contributed by atoms with Crippen molar-refractivity contribution in [3.8, 4) is 11.8 Å².